The van der Waals surface area contributed by atoms with Gasteiger partial charge < -0.3 is 10.2 Å². The molecule has 0 atom stereocenters. The van der Waals surface area contributed by atoms with Gasteiger partial charge in [-0.2, -0.15) is 0 Å². The van der Waals surface area contributed by atoms with Gasteiger partial charge in [0.25, 0.3) is 5.91 Å². The second-order valence-electron chi connectivity index (χ2n) is 6.20. The summed E-state index contributed by atoms with van der Waals surface area (Å²) in [4.78, 5) is 26.0. The van der Waals surface area contributed by atoms with Crippen molar-refractivity contribution in [1.29, 1.82) is 0 Å². The number of nitrogens with zero attached hydrogens (tertiary/aromatic N) is 1. The van der Waals surface area contributed by atoms with Gasteiger partial charge in [0, 0.05) is 36.1 Å². The summed E-state index contributed by atoms with van der Waals surface area (Å²) in [5.74, 6) is 0.249. The first-order chi connectivity index (χ1) is 9.99. The fourth-order valence-electron chi connectivity index (χ4n) is 3.28. The Morgan fingerprint density at radius 3 is 2.67 bits per heavy atom. The molecule has 2 fully saturated rings. The molecule has 2 aliphatic heterocycles. The van der Waals surface area contributed by atoms with Crippen molar-refractivity contribution in [2.45, 2.75) is 26.2 Å². The zero-order chi connectivity index (χ0) is 15.0. The Morgan fingerprint density at radius 2 is 2.05 bits per heavy atom. The van der Waals surface area contributed by atoms with Crippen LogP contribution in [0.3, 0.4) is 0 Å². The van der Waals surface area contributed by atoms with Crippen LogP contribution in [-0.2, 0) is 4.79 Å². The number of nitrogens with one attached hydrogen (secondary N) is 1. The molecule has 0 aliphatic carbocycles. The number of piperidine rings is 1. The van der Waals surface area contributed by atoms with Crippen molar-refractivity contribution < 1.29 is 9.59 Å². The van der Waals surface area contributed by atoms with Crippen molar-refractivity contribution >= 4 is 27.7 Å². The SMILES string of the molecule is Cc1ccc(Br)cc1C(=O)N1CCC2(CC1)CNC(=O)C2. The van der Waals surface area contributed by atoms with Crippen molar-refractivity contribution in [3.05, 3.63) is 33.8 Å². The first-order valence-electron chi connectivity index (χ1n) is 7.31. The van der Waals surface area contributed by atoms with Crippen LogP contribution in [0.2, 0.25) is 0 Å². The maximum Gasteiger partial charge on any atom is 0.254 e. The van der Waals surface area contributed by atoms with Crippen LogP contribution in [0.1, 0.15) is 35.2 Å². The normalized spacial score (nSPS) is 20.7. The fraction of sp³-hybridized carbons (Fsp3) is 0.500. The van der Waals surface area contributed by atoms with E-state index in [9.17, 15) is 9.59 Å². The van der Waals surface area contributed by atoms with E-state index in [1.54, 1.807) is 0 Å². The fourth-order valence-corrected chi connectivity index (χ4v) is 3.65. The Hall–Kier alpha value is -1.36. The summed E-state index contributed by atoms with van der Waals surface area (Å²) in [6.45, 7) is 4.20. The lowest BCUT2D eigenvalue weighted by atomic mass is 9.77. The first kappa shape index (κ1) is 14.6. The minimum absolute atomic E-state index is 0.0835. The molecule has 2 saturated heterocycles. The maximum absolute atomic E-state index is 12.7. The van der Waals surface area contributed by atoms with Crippen LogP contribution in [0.15, 0.2) is 22.7 Å². The Morgan fingerprint density at radius 1 is 1.33 bits per heavy atom. The molecule has 1 aromatic carbocycles. The summed E-state index contributed by atoms with van der Waals surface area (Å²) in [6, 6.07) is 5.80. The van der Waals surface area contributed by atoms with Gasteiger partial charge in [-0.25, -0.2) is 0 Å². The van der Waals surface area contributed by atoms with Crippen LogP contribution in [-0.4, -0.2) is 36.3 Å². The number of rotatable bonds is 1. The third-order valence-electron chi connectivity index (χ3n) is 4.74. The third kappa shape index (κ3) is 2.84. The number of aryl methyl sites for hydroxylation is 1. The number of carbonyl (C=O) groups excluding carboxylic acids is 2. The van der Waals surface area contributed by atoms with Gasteiger partial charge in [-0.15, -0.1) is 0 Å². The van der Waals surface area contributed by atoms with Crippen LogP contribution >= 0.6 is 15.9 Å². The molecule has 0 bridgehead atoms. The van der Waals surface area contributed by atoms with Gasteiger partial charge in [0.2, 0.25) is 5.91 Å². The largest absolute Gasteiger partial charge is 0.356 e. The van der Waals surface area contributed by atoms with E-state index in [1.165, 1.54) is 0 Å². The maximum atomic E-state index is 12.7. The molecule has 2 aliphatic rings. The molecular formula is C16H19BrN2O2. The average Bonchev–Trinajstić information content (AvgIpc) is 2.83. The van der Waals surface area contributed by atoms with E-state index < -0.39 is 0 Å². The molecule has 112 valence electrons. The van der Waals surface area contributed by atoms with Crippen LogP contribution in [0.5, 0.6) is 0 Å². The number of halogens is 1. The molecule has 2 amide bonds. The first-order valence-corrected chi connectivity index (χ1v) is 8.11. The Kier molecular flexibility index (Phi) is 3.78. The van der Waals surface area contributed by atoms with Gasteiger partial charge in [0.1, 0.15) is 0 Å². The monoisotopic (exact) mass is 350 g/mol. The number of hydrogen-bond donors (Lipinski definition) is 1. The number of amides is 2. The second kappa shape index (κ2) is 5.44. The Labute approximate surface area is 133 Å². The van der Waals surface area contributed by atoms with Gasteiger partial charge >= 0.3 is 0 Å². The van der Waals surface area contributed by atoms with Gasteiger partial charge in [0.15, 0.2) is 0 Å². The summed E-state index contributed by atoms with van der Waals surface area (Å²) in [5, 5.41) is 2.92. The average molecular weight is 351 g/mol. The second-order valence-corrected chi connectivity index (χ2v) is 7.12. The lowest BCUT2D eigenvalue weighted by Crippen LogP contribution is -2.44. The van der Waals surface area contributed by atoms with E-state index in [-0.39, 0.29) is 17.2 Å². The highest BCUT2D eigenvalue weighted by molar-refractivity contribution is 9.10. The highest BCUT2D eigenvalue weighted by atomic mass is 79.9. The molecule has 0 aromatic heterocycles. The summed E-state index contributed by atoms with van der Waals surface area (Å²) in [5.41, 5.74) is 1.85. The van der Waals surface area contributed by atoms with E-state index in [0.29, 0.717) is 6.42 Å². The van der Waals surface area contributed by atoms with Crippen molar-refractivity contribution in [3.63, 3.8) is 0 Å². The van der Waals surface area contributed by atoms with Crippen LogP contribution in [0.25, 0.3) is 0 Å². The molecule has 1 aromatic rings. The van der Waals surface area contributed by atoms with Gasteiger partial charge in [-0.3, -0.25) is 9.59 Å². The minimum atomic E-state index is 0.0835. The number of benzene rings is 1. The molecule has 5 heteroatoms. The van der Waals surface area contributed by atoms with Crippen molar-refractivity contribution in [2.75, 3.05) is 19.6 Å². The van der Waals surface area contributed by atoms with Crippen LogP contribution in [0, 0.1) is 12.3 Å². The molecule has 4 nitrogen and oxygen atoms in total. The summed E-state index contributed by atoms with van der Waals surface area (Å²) in [7, 11) is 0. The quantitative estimate of drug-likeness (QED) is 0.845. The van der Waals surface area contributed by atoms with E-state index in [1.807, 2.05) is 30.0 Å². The van der Waals surface area contributed by atoms with Crippen molar-refractivity contribution in [3.8, 4) is 0 Å². The van der Waals surface area contributed by atoms with E-state index >= 15 is 0 Å². The molecular weight excluding hydrogens is 332 g/mol. The number of carbonyl (C=O) groups is 2. The van der Waals surface area contributed by atoms with Crippen molar-refractivity contribution in [2.24, 2.45) is 5.41 Å². The smallest absolute Gasteiger partial charge is 0.254 e. The highest BCUT2D eigenvalue weighted by Crippen LogP contribution is 2.37. The van der Waals surface area contributed by atoms with Crippen LogP contribution < -0.4 is 5.32 Å². The molecule has 0 unspecified atom stereocenters. The van der Waals surface area contributed by atoms with E-state index in [4.69, 9.17) is 0 Å². The standard InChI is InChI=1S/C16H19BrN2O2/c1-11-2-3-12(17)8-13(11)15(21)19-6-4-16(5-7-19)9-14(20)18-10-16/h2-3,8H,4-7,9-10H2,1H3,(H,18,20). The topological polar surface area (TPSA) is 49.4 Å². The predicted molar refractivity (Wildman–Crippen MR) is 84.1 cm³/mol. The number of likely N-dealkylation sites (tertiary alicyclic amines) is 1. The molecule has 21 heavy (non-hydrogen) atoms. The van der Waals surface area contributed by atoms with Gasteiger partial charge in [0.05, 0.1) is 0 Å². The molecule has 1 spiro atoms. The summed E-state index contributed by atoms with van der Waals surface area (Å²) < 4.78 is 0.926. The Bertz CT molecular complexity index is 592. The molecule has 0 saturated carbocycles. The lowest BCUT2D eigenvalue weighted by Gasteiger charge is -2.38. The predicted octanol–water partition coefficient (Wildman–Crippen LogP) is 2.50. The van der Waals surface area contributed by atoms with E-state index in [0.717, 1.165) is 48.1 Å². The van der Waals surface area contributed by atoms with Gasteiger partial charge in [-0.1, -0.05) is 22.0 Å². The zero-order valence-corrected chi connectivity index (χ0v) is 13.7. The summed E-state index contributed by atoms with van der Waals surface area (Å²) >= 11 is 3.43. The third-order valence-corrected chi connectivity index (χ3v) is 5.23. The highest BCUT2D eigenvalue weighted by Gasteiger charge is 2.41. The Balaban J connectivity index is 1.70. The molecule has 3 rings (SSSR count). The van der Waals surface area contributed by atoms with Gasteiger partial charge in [-0.05, 0) is 42.9 Å². The van der Waals surface area contributed by atoms with Crippen LogP contribution in [0.4, 0.5) is 0 Å². The van der Waals surface area contributed by atoms with Crippen molar-refractivity contribution in [1.82, 2.24) is 10.2 Å². The summed E-state index contributed by atoms with van der Waals surface area (Å²) in [6.07, 6.45) is 2.43. The minimum Gasteiger partial charge on any atom is -0.356 e. The lowest BCUT2D eigenvalue weighted by molar-refractivity contribution is -0.119. The molecule has 2 heterocycles. The van der Waals surface area contributed by atoms with E-state index in [2.05, 4.69) is 21.2 Å². The molecule has 0 radical (unpaired) electrons. The zero-order valence-electron chi connectivity index (χ0n) is 12.1. The number of hydrogen-bond acceptors (Lipinski definition) is 2. The molecule has 1 N–H and O–H groups in total.